The van der Waals surface area contributed by atoms with Gasteiger partial charge in [0.2, 0.25) is 0 Å². The van der Waals surface area contributed by atoms with Crippen molar-refractivity contribution in [2.24, 2.45) is 0 Å². The summed E-state index contributed by atoms with van der Waals surface area (Å²) in [6.45, 7) is 6.44. The molecule has 4 aromatic rings. The number of aromatic nitrogens is 2. The summed E-state index contributed by atoms with van der Waals surface area (Å²) in [4.78, 5) is 34.0. The molecular formula is C28H29N3O3. The van der Waals surface area contributed by atoms with E-state index in [0.717, 1.165) is 5.56 Å². The van der Waals surface area contributed by atoms with Crippen molar-refractivity contribution in [1.29, 1.82) is 0 Å². The van der Waals surface area contributed by atoms with E-state index in [1.807, 2.05) is 87.5 Å². The number of nitrogens with zero attached hydrogens (tertiary/aromatic N) is 3. The van der Waals surface area contributed by atoms with Gasteiger partial charge in [-0.05, 0) is 68.8 Å². The average Bonchev–Trinajstić information content (AvgIpc) is 2.87. The Morgan fingerprint density at radius 3 is 2.29 bits per heavy atom. The standard InChI is InChI=1S/C28H29N3O3/c1-5-25(30(6-2)27(32)20-13-11-19(3)12-14-20)26-29-24-10-8-7-9-23(24)28(33)31(26)21-15-17-22(34-4)18-16-21/h7-18,25H,5-6H2,1-4H3. The third-order valence-corrected chi connectivity index (χ3v) is 6.09. The topological polar surface area (TPSA) is 64.4 Å². The predicted octanol–water partition coefficient (Wildman–Crippen LogP) is 5.32. The lowest BCUT2D eigenvalue weighted by Gasteiger charge is -2.31. The number of hydrogen-bond acceptors (Lipinski definition) is 4. The molecule has 34 heavy (non-hydrogen) atoms. The van der Waals surface area contributed by atoms with Gasteiger partial charge >= 0.3 is 0 Å². The Labute approximate surface area is 199 Å². The van der Waals surface area contributed by atoms with Crippen LogP contribution >= 0.6 is 0 Å². The number of aryl methyl sites for hydroxylation is 1. The molecule has 4 rings (SSSR count). The van der Waals surface area contributed by atoms with Gasteiger partial charge in [0, 0.05) is 12.1 Å². The second-order valence-electron chi connectivity index (χ2n) is 8.21. The van der Waals surface area contributed by atoms with Gasteiger partial charge in [0.15, 0.2) is 0 Å². The van der Waals surface area contributed by atoms with E-state index >= 15 is 0 Å². The van der Waals surface area contributed by atoms with Crippen molar-refractivity contribution in [3.05, 3.63) is 100 Å². The van der Waals surface area contributed by atoms with Crippen molar-refractivity contribution in [2.75, 3.05) is 13.7 Å². The van der Waals surface area contributed by atoms with Crippen LogP contribution in [0.15, 0.2) is 77.6 Å². The fourth-order valence-electron chi connectivity index (χ4n) is 4.26. The maximum atomic E-state index is 13.7. The van der Waals surface area contributed by atoms with Crippen molar-refractivity contribution in [3.8, 4) is 11.4 Å². The third kappa shape index (κ3) is 4.31. The summed E-state index contributed by atoms with van der Waals surface area (Å²) in [5.74, 6) is 1.15. The van der Waals surface area contributed by atoms with Crippen LogP contribution in [0, 0.1) is 6.92 Å². The SMILES string of the molecule is CCC(c1nc2ccccc2c(=O)n1-c1ccc(OC)cc1)N(CC)C(=O)c1ccc(C)cc1. The van der Waals surface area contributed by atoms with E-state index in [-0.39, 0.29) is 11.5 Å². The first kappa shape index (κ1) is 23.2. The first-order valence-corrected chi connectivity index (χ1v) is 11.5. The number of carbonyl (C=O) groups excluding carboxylic acids is 1. The summed E-state index contributed by atoms with van der Waals surface area (Å²) in [5, 5.41) is 0.532. The normalized spacial score (nSPS) is 11.9. The fraction of sp³-hybridized carbons (Fsp3) is 0.250. The molecule has 0 aliphatic carbocycles. The van der Waals surface area contributed by atoms with Crippen LogP contribution in [0.1, 0.15) is 48.1 Å². The average molecular weight is 456 g/mol. The van der Waals surface area contributed by atoms with Gasteiger partial charge in [0.05, 0.1) is 29.7 Å². The number of methoxy groups -OCH3 is 1. The molecule has 0 fully saturated rings. The maximum absolute atomic E-state index is 13.7. The molecule has 0 bridgehead atoms. The van der Waals surface area contributed by atoms with Crippen LogP contribution in [0.4, 0.5) is 0 Å². The van der Waals surface area contributed by atoms with Gasteiger partial charge in [0.25, 0.3) is 11.5 Å². The first-order valence-electron chi connectivity index (χ1n) is 11.5. The predicted molar refractivity (Wildman–Crippen MR) is 135 cm³/mol. The summed E-state index contributed by atoms with van der Waals surface area (Å²) < 4.78 is 6.92. The lowest BCUT2D eigenvalue weighted by atomic mass is 10.1. The Morgan fingerprint density at radius 1 is 1.00 bits per heavy atom. The molecule has 1 amide bonds. The lowest BCUT2D eigenvalue weighted by molar-refractivity contribution is 0.0672. The van der Waals surface area contributed by atoms with Gasteiger partial charge in [-0.25, -0.2) is 4.98 Å². The fourth-order valence-corrected chi connectivity index (χ4v) is 4.26. The number of fused-ring (bicyclic) bond motifs is 1. The summed E-state index contributed by atoms with van der Waals surface area (Å²) >= 11 is 0. The highest BCUT2D eigenvalue weighted by Gasteiger charge is 2.28. The number of para-hydroxylation sites is 1. The van der Waals surface area contributed by atoms with Crippen LogP contribution in [0.3, 0.4) is 0 Å². The highest BCUT2D eigenvalue weighted by atomic mass is 16.5. The summed E-state index contributed by atoms with van der Waals surface area (Å²) in [6.07, 6.45) is 0.604. The van der Waals surface area contributed by atoms with E-state index in [2.05, 4.69) is 0 Å². The molecule has 0 aliphatic heterocycles. The molecule has 1 heterocycles. The second-order valence-corrected chi connectivity index (χ2v) is 8.21. The zero-order chi connectivity index (χ0) is 24.2. The van der Waals surface area contributed by atoms with Crippen molar-refractivity contribution in [1.82, 2.24) is 14.5 Å². The number of benzene rings is 3. The molecule has 0 N–H and O–H groups in total. The van der Waals surface area contributed by atoms with Gasteiger partial charge in [0.1, 0.15) is 11.6 Å². The number of amides is 1. The zero-order valence-corrected chi connectivity index (χ0v) is 20.0. The van der Waals surface area contributed by atoms with E-state index in [1.54, 1.807) is 22.6 Å². The molecule has 3 aromatic carbocycles. The minimum Gasteiger partial charge on any atom is -0.497 e. The summed E-state index contributed by atoms with van der Waals surface area (Å²) in [7, 11) is 1.60. The minimum absolute atomic E-state index is 0.0851. The first-order chi connectivity index (χ1) is 16.5. The van der Waals surface area contributed by atoms with Crippen molar-refractivity contribution in [3.63, 3.8) is 0 Å². The molecule has 0 saturated heterocycles. The Morgan fingerprint density at radius 2 is 1.68 bits per heavy atom. The van der Waals surface area contributed by atoms with Crippen LogP contribution in [0.25, 0.3) is 16.6 Å². The van der Waals surface area contributed by atoms with Gasteiger partial charge in [-0.1, -0.05) is 36.8 Å². The molecular weight excluding hydrogens is 426 g/mol. The number of hydrogen-bond donors (Lipinski definition) is 0. The Balaban J connectivity index is 1.91. The van der Waals surface area contributed by atoms with Crippen molar-refractivity contribution < 1.29 is 9.53 Å². The molecule has 174 valence electrons. The quantitative estimate of drug-likeness (QED) is 0.379. The van der Waals surface area contributed by atoms with Crippen LogP contribution in [-0.4, -0.2) is 34.0 Å². The van der Waals surface area contributed by atoms with Crippen LogP contribution < -0.4 is 10.3 Å². The molecule has 0 saturated carbocycles. The molecule has 1 atom stereocenters. The Bertz CT molecular complexity index is 1360. The van der Waals surface area contributed by atoms with Gasteiger partial charge < -0.3 is 9.64 Å². The number of carbonyl (C=O) groups is 1. The van der Waals surface area contributed by atoms with Crippen molar-refractivity contribution in [2.45, 2.75) is 33.2 Å². The van der Waals surface area contributed by atoms with Gasteiger partial charge in [-0.2, -0.15) is 0 Å². The summed E-state index contributed by atoms with van der Waals surface area (Å²) in [5.41, 5.74) is 2.84. The van der Waals surface area contributed by atoms with E-state index in [1.165, 1.54) is 0 Å². The van der Waals surface area contributed by atoms with Crippen LogP contribution in [-0.2, 0) is 0 Å². The Hall–Kier alpha value is -3.93. The molecule has 1 unspecified atom stereocenters. The van der Waals surface area contributed by atoms with E-state index < -0.39 is 6.04 Å². The van der Waals surface area contributed by atoms with E-state index in [0.29, 0.717) is 46.7 Å². The molecule has 6 nitrogen and oxygen atoms in total. The van der Waals surface area contributed by atoms with Crippen LogP contribution in [0.5, 0.6) is 5.75 Å². The minimum atomic E-state index is -0.391. The summed E-state index contributed by atoms with van der Waals surface area (Å²) in [6, 6.07) is 21.8. The maximum Gasteiger partial charge on any atom is 0.266 e. The largest absolute Gasteiger partial charge is 0.497 e. The molecule has 6 heteroatoms. The monoisotopic (exact) mass is 455 g/mol. The second kappa shape index (κ2) is 9.91. The highest BCUT2D eigenvalue weighted by molar-refractivity contribution is 5.94. The molecule has 0 spiro atoms. The smallest absolute Gasteiger partial charge is 0.266 e. The van der Waals surface area contributed by atoms with E-state index in [9.17, 15) is 9.59 Å². The van der Waals surface area contributed by atoms with Gasteiger partial charge in [-0.3, -0.25) is 14.2 Å². The third-order valence-electron chi connectivity index (χ3n) is 6.09. The van der Waals surface area contributed by atoms with E-state index in [4.69, 9.17) is 9.72 Å². The molecule has 0 radical (unpaired) electrons. The number of rotatable bonds is 7. The van der Waals surface area contributed by atoms with Gasteiger partial charge in [-0.15, -0.1) is 0 Å². The molecule has 1 aromatic heterocycles. The lowest BCUT2D eigenvalue weighted by Crippen LogP contribution is -2.38. The Kier molecular flexibility index (Phi) is 6.77. The zero-order valence-electron chi connectivity index (χ0n) is 20.0. The van der Waals surface area contributed by atoms with Crippen molar-refractivity contribution >= 4 is 16.8 Å². The number of ether oxygens (including phenoxy) is 1. The highest BCUT2D eigenvalue weighted by Crippen LogP contribution is 2.28. The molecule has 0 aliphatic rings. The van der Waals surface area contributed by atoms with Crippen LogP contribution in [0.2, 0.25) is 0 Å².